The normalized spacial score (nSPS) is 18.2. The van der Waals surface area contributed by atoms with Crippen molar-refractivity contribution in [3.05, 3.63) is 78.4 Å². The van der Waals surface area contributed by atoms with Crippen LogP contribution >= 0.6 is 0 Å². The molecule has 0 N–H and O–H groups in total. The number of hydrogen-bond donors (Lipinski definition) is 0. The molecule has 1 saturated heterocycles. The van der Waals surface area contributed by atoms with Crippen molar-refractivity contribution in [2.24, 2.45) is 11.8 Å². The van der Waals surface area contributed by atoms with Crippen molar-refractivity contribution in [1.29, 1.82) is 0 Å². The van der Waals surface area contributed by atoms with Gasteiger partial charge in [-0.15, -0.1) is 0 Å². The Morgan fingerprint density at radius 1 is 0.857 bits per heavy atom. The van der Waals surface area contributed by atoms with Crippen LogP contribution in [0.25, 0.3) is 0 Å². The van der Waals surface area contributed by atoms with Gasteiger partial charge in [0.15, 0.2) is 0 Å². The molecule has 2 aromatic rings. The summed E-state index contributed by atoms with van der Waals surface area (Å²) in [4.78, 5) is 50.8. The van der Waals surface area contributed by atoms with E-state index >= 15 is 0 Å². The van der Waals surface area contributed by atoms with E-state index in [1.807, 2.05) is 19.1 Å². The zero-order valence-corrected chi connectivity index (χ0v) is 20.4. The van der Waals surface area contributed by atoms with Gasteiger partial charge in [0, 0.05) is 17.1 Å². The summed E-state index contributed by atoms with van der Waals surface area (Å²) in [7, 11) is 0. The molecular weight excluding hydrogens is 446 g/mol. The van der Waals surface area contributed by atoms with Crippen molar-refractivity contribution in [3.63, 3.8) is 0 Å². The highest BCUT2D eigenvalue weighted by molar-refractivity contribution is 6.21. The predicted molar refractivity (Wildman–Crippen MR) is 132 cm³/mol. The second-order valence-corrected chi connectivity index (χ2v) is 8.95. The van der Waals surface area contributed by atoms with Gasteiger partial charge >= 0.3 is 11.9 Å². The maximum atomic E-state index is 13.2. The van der Waals surface area contributed by atoms with E-state index in [9.17, 15) is 19.2 Å². The molecule has 1 aliphatic rings. The van der Waals surface area contributed by atoms with Gasteiger partial charge in [-0.05, 0) is 68.1 Å². The minimum atomic E-state index is -0.546. The van der Waals surface area contributed by atoms with E-state index in [0.717, 1.165) is 5.56 Å². The lowest BCUT2D eigenvalue weighted by molar-refractivity contribution is -0.130. The number of nitrogens with zero attached hydrogens (tertiary/aromatic N) is 1. The van der Waals surface area contributed by atoms with E-state index < -0.39 is 23.8 Å². The highest BCUT2D eigenvalue weighted by atomic mass is 16.5. The number of imide groups is 1. The smallest absolute Gasteiger partial charge is 0.338 e. The molecule has 0 saturated carbocycles. The summed E-state index contributed by atoms with van der Waals surface area (Å²) in [6.07, 6.45) is 0.488. The summed E-state index contributed by atoms with van der Waals surface area (Å²) < 4.78 is 10.4. The molecule has 7 nitrogen and oxygen atoms in total. The Bertz CT molecular complexity index is 1180. The van der Waals surface area contributed by atoms with E-state index in [1.54, 1.807) is 57.2 Å². The lowest BCUT2D eigenvalue weighted by Gasteiger charge is -2.19. The lowest BCUT2D eigenvalue weighted by Crippen LogP contribution is -2.31. The van der Waals surface area contributed by atoms with Crippen LogP contribution in [0.1, 0.15) is 45.6 Å². The molecule has 3 unspecified atom stereocenters. The third-order valence-corrected chi connectivity index (χ3v) is 6.02. The van der Waals surface area contributed by atoms with E-state index in [0.29, 0.717) is 29.2 Å². The Balaban J connectivity index is 1.69. The van der Waals surface area contributed by atoms with E-state index in [-0.39, 0.29) is 23.3 Å². The number of hydrogen-bond acceptors (Lipinski definition) is 6. The van der Waals surface area contributed by atoms with Crippen molar-refractivity contribution in [2.45, 2.75) is 40.0 Å². The zero-order valence-electron chi connectivity index (χ0n) is 20.4. The third kappa shape index (κ3) is 5.74. The fourth-order valence-corrected chi connectivity index (χ4v) is 3.86. The number of esters is 2. The Hall–Kier alpha value is -4.00. The highest BCUT2D eigenvalue weighted by Crippen LogP contribution is 2.37. The minimum absolute atomic E-state index is 0.00558. The number of carbonyl (C=O) groups excluding carboxylic acids is 4. The monoisotopic (exact) mass is 475 g/mol. The maximum Gasteiger partial charge on any atom is 0.338 e. The summed E-state index contributed by atoms with van der Waals surface area (Å²) >= 11 is 0. The number of ether oxygens (including phenoxy) is 2. The molecule has 1 fully saturated rings. The average molecular weight is 476 g/mol. The van der Waals surface area contributed by atoms with Crippen molar-refractivity contribution >= 4 is 29.4 Å². The molecule has 0 aromatic heterocycles. The molecule has 1 heterocycles. The SMILES string of the molecule is C=C(C)C(=O)Oc1ccc(C(C)CC2C(=O)N(c3ccc(OC(=O)C(=C)C)cc3)C(=O)C2C)cc1. The summed E-state index contributed by atoms with van der Waals surface area (Å²) in [5.74, 6) is -1.79. The Labute approximate surface area is 205 Å². The minimum Gasteiger partial charge on any atom is -0.423 e. The second kappa shape index (κ2) is 10.5. The Kier molecular flexibility index (Phi) is 7.69. The number of rotatable bonds is 8. The number of benzene rings is 2. The first-order chi connectivity index (χ1) is 16.5. The molecular formula is C28H29NO6. The maximum absolute atomic E-state index is 13.2. The van der Waals surface area contributed by atoms with Crippen LogP contribution in [0, 0.1) is 11.8 Å². The van der Waals surface area contributed by atoms with E-state index in [2.05, 4.69) is 13.2 Å². The quantitative estimate of drug-likeness (QED) is 0.232. The van der Waals surface area contributed by atoms with Crippen LogP contribution in [0.3, 0.4) is 0 Å². The molecule has 7 heteroatoms. The van der Waals surface area contributed by atoms with E-state index in [4.69, 9.17) is 9.47 Å². The van der Waals surface area contributed by atoms with Crippen LogP contribution in [0.4, 0.5) is 5.69 Å². The summed E-state index contributed by atoms with van der Waals surface area (Å²) in [5, 5.41) is 0. The Morgan fingerprint density at radius 3 is 1.77 bits per heavy atom. The van der Waals surface area contributed by atoms with Gasteiger partial charge in [0.05, 0.1) is 11.6 Å². The van der Waals surface area contributed by atoms with Gasteiger partial charge in [0.2, 0.25) is 11.8 Å². The molecule has 2 amide bonds. The zero-order chi connectivity index (χ0) is 25.9. The molecule has 35 heavy (non-hydrogen) atoms. The van der Waals surface area contributed by atoms with Crippen molar-refractivity contribution < 1.29 is 28.7 Å². The Morgan fingerprint density at radius 2 is 1.31 bits per heavy atom. The van der Waals surface area contributed by atoms with Crippen molar-refractivity contribution in [1.82, 2.24) is 0 Å². The molecule has 0 radical (unpaired) electrons. The first-order valence-electron chi connectivity index (χ1n) is 11.3. The van der Waals surface area contributed by atoms with Crippen LogP contribution in [-0.4, -0.2) is 23.8 Å². The van der Waals surface area contributed by atoms with Crippen LogP contribution in [-0.2, 0) is 19.2 Å². The first-order valence-corrected chi connectivity index (χ1v) is 11.3. The van der Waals surface area contributed by atoms with Gasteiger partial charge in [-0.1, -0.05) is 39.1 Å². The number of amides is 2. The largest absolute Gasteiger partial charge is 0.423 e. The molecule has 3 atom stereocenters. The number of carbonyl (C=O) groups is 4. The summed E-state index contributed by atoms with van der Waals surface area (Å²) in [5.41, 5.74) is 1.98. The molecule has 0 spiro atoms. The van der Waals surface area contributed by atoms with Crippen molar-refractivity contribution in [2.75, 3.05) is 4.90 Å². The number of anilines is 1. The van der Waals surface area contributed by atoms with Gasteiger partial charge in [0.1, 0.15) is 11.5 Å². The first kappa shape index (κ1) is 25.6. The van der Waals surface area contributed by atoms with Crippen LogP contribution in [0.5, 0.6) is 11.5 Å². The van der Waals surface area contributed by atoms with Gasteiger partial charge in [-0.3, -0.25) is 14.5 Å². The van der Waals surface area contributed by atoms with Gasteiger partial charge in [0.25, 0.3) is 0 Å². The average Bonchev–Trinajstić information content (AvgIpc) is 3.03. The molecule has 0 bridgehead atoms. The second-order valence-electron chi connectivity index (χ2n) is 8.95. The third-order valence-electron chi connectivity index (χ3n) is 6.02. The highest BCUT2D eigenvalue weighted by Gasteiger charge is 2.46. The predicted octanol–water partition coefficient (Wildman–Crippen LogP) is 4.97. The van der Waals surface area contributed by atoms with E-state index in [1.165, 1.54) is 4.90 Å². The fourth-order valence-electron chi connectivity index (χ4n) is 3.86. The molecule has 0 aliphatic carbocycles. The summed E-state index contributed by atoms with van der Waals surface area (Å²) in [6, 6.07) is 13.3. The lowest BCUT2D eigenvalue weighted by atomic mass is 9.85. The van der Waals surface area contributed by atoms with Crippen molar-refractivity contribution in [3.8, 4) is 11.5 Å². The van der Waals surface area contributed by atoms with Crippen LogP contribution in [0.2, 0.25) is 0 Å². The molecule has 1 aliphatic heterocycles. The molecule has 3 rings (SSSR count). The molecule has 2 aromatic carbocycles. The summed E-state index contributed by atoms with van der Waals surface area (Å²) in [6.45, 7) is 14.0. The van der Waals surface area contributed by atoms with Crippen LogP contribution in [0.15, 0.2) is 72.8 Å². The van der Waals surface area contributed by atoms with Gasteiger partial charge < -0.3 is 9.47 Å². The standard InChI is InChI=1S/C28H29NO6/c1-16(2)27(32)34-22-11-7-20(8-12-22)18(5)15-24-19(6)25(30)29(26(24)31)21-9-13-23(14-10-21)35-28(33)17(3)4/h7-14,18-19,24H,1,3,15H2,2,4-6H3. The topological polar surface area (TPSA) is 90.0 Å². The van der Waals surface area contributed by atoms with Gasteiger partial charge in [-0.2, -0.15) is 0 Å². The van der Waals surface area contributed by atoms with Gasteiger partial charge in [-0.25, -0.2) is 9.59 Å². The molecule has 182 valence electrons. The van der Waals surface area contributed by atoms with Crippen LogP contribution < -0.4 is 14.4 Å². The fraction of sp³-hybridized carbons (Fsp3) is 0.286.